The van der Waals surface area contributed by atoms with Crippen LogP contribution in [0.3, 0.4) is 0 Å². The molecule has 0 saturated heterocycles. The molecule has 0 unspecified atom stereocenters. The highest BCUT2D eigenvalue weighted by Gasteiger charge is 2.17. The van der Waals surface area contributed by atoms with Gasteiger partial charge in [0.2, 0.25) is 11.8 Å². The van der Waals surface area contributed by atoms with Crippen molar-refractivity contribution in [3.05, 3.63) is 53.4 Å². The van der Waals surface area contributed by atoms with Gasteiger partial charge in [-0.2, -0.15) is 0 Å². The topological polar surface area (TPSA) is 61.3 Å². The average Bonchev–Trinajstić information content (AvgIpc) is 2.68. The van der Waals surface area contributed by atoms with Crippen molar-refractivity contribution in [1.29, 1.82) is 0 Å². The first-order valence-electron chi connectivity index (χ1n) is 8.89. The van der Waals surface area contributed by atoms with E-state index in [1.54, 1.807) is 20.4 Å². The van der Waals surface area contributed by atoms with Gasteiger partial charge in [0.15, 0.2) is 5.78 Å². The maximum atomic E-state index is 11.4. The van der Waals surface area contributed by atoms with Crippen LogP contribution in [0.1, 0.15) is 52.7 Å². The van der Waals surface area contributed by atoms with Crippen molar-refractivity contribution >= 4 is 11.4 Å². The lowest BCUT2D eigenvalue weighted by Crippen LogP contribution is -2.11. The fraction of sp³-hybridized carbons (Fsp3) is 0.381. The highest BCUT2D eigenvalue weighted by molar-refractivity contribution is 5.98. The quantitative estimate of drug-likeness (QED) is 0.816. The Morgan fingerprint density at radius 3 is 2.00 bits per heavy atom. The van der Waals surface area contributed by atoms with Crippen molar-refractivity contribution in [1.82, 2.24) is 9.97 Å². The van der Waals surface area contributed by atoms with Gasteiger partial charge >= 0.3 is 0 Å². The number of carbonyl (C=O) groups excluding carboxylic acids is 1. The molecule has 0 atom stereocenters. The molecule has 5 heteroatoms. The van der Waals surface area contributed by atoms with Gasteiger partial charge in [-0.3, -0.25) is 4.79 Å². The number of hydrogen-bond donors (Lipinski definition) is 0. The summed E-state index contributed by atoms with van der Waals surface area (Å²) in [5.74, 6) is 1.50. The first-order chi connectivity index (χ1) is 12.6. The van der Waals surface area contributed by atoms with E-state index in [4.69, 9.17) is 9.47 Å². The number of carbonyl (C=O) groups is 1. The van der Waals surface area contributed by atoms with Gasteiger partial charge in [-0.1, -0.05) is 6.58 Å². The molecule has 0 aliphatic heterocycles. The Balaban J connectivity index is 0.000000151. The fourth-order valence-electron chi connectivity index (χ4n) is 3.36. The Morgan fingerprint density at radius 2 is 1.38 bits per heavy atom. The molecule has 0 N–H and O–H groups in total. The maximum absolute atomic E-state index is 11.4. The largest absolute Gasteiger partial charge is 0.481 e. The Hall–Kier alpha value is -2.69. The molecule has 2 heterocycles. The van der Waals surface area contributed by atoms with Crippen LogP contribution in [-0.2, 0) is 12.8 Å². The van der Waals surface area contributed by atoms with Crippen LogP contribution in [0.15, 0.2) is 31.1 Å². The van der Waals surface area contributed by atoms with Crippen LogP contribution in [0.5, 0.6) is 11.8 Å². The summed E-state index contributed by atoms with van der Waals surface area (Å²) < 4.78 is 10.1. The van der Waals surface area contributed by atoms with E-state index < -0.39 is 0 Å². The highest BCUT2D eigenvalue weighted by Crippen LogP contribution is 2.30. The van der Waals surface area contributed by atoms with E-state index in [2.05, 4.69) is 16.5 Å². The first-order valence-corrected chi connectivity index (χ1v) is 8.89. The van der Waals surface area contributed by atoms with Crippen molar-refractivity contribution in [2.75, 3.05) is 14.2 Å². The second kappa shape index (κ2) is 8.13. The number of pyridine rings is 2. The summed E-state index contributed by atoms with van der Waals surface area (Å²) in [6, 6.07) is 3.87. The second-order valence-corrected chi connectivity index (χ2v) is 6.50. The van der Waals surface area contributed by atoms with E-state index in [1.165, 1.54) is 23.1 Å². The van der Waals surface area contributed by atoms with Crippen molar-refractivity contribution < 1.29 is 14.3 Å². The van der Waals surface area contributed by atoms with Crippen LogP contribution < -0.4 is 9.47 Å². The minimum atomic E-state index is 0.205. The third-order valence-corrected chi connectivity index (χ3v) is 4.80. The van der Waals surface area contributed by atoms with Gasteiger partial charge in [0, 0.05) is 36.5 Å². The molecular weight excluding hydrogens is 328 g/mol. The molecular formula is C21H24N2O3. The molecule has 26 heavy (non-hydrogen) atoms. The zero-order chi connectivity index (χ0) is 18.5. The minimum Gasteiger partial charge on any atom is -0.481 e. The normalized spacial score (nSPS) is 15.3. The molecule has 2 aliphatic carbocycles. The number of nitrogens with zero attached hydrogens (tertiary/aromatic N) is 2. The number of aromatic nitrogens is 2. The SMILES string of the molecule is C=C1CCCc2cc(OC)ncc21.COc1cc2c(cn1)C(=O)CCC2. The fourth-order valence-corrected chi connectivity index (χ4v) is 3.36. The Bertz CT molecular complexity index is 761. The van der Waals surface area contributed by atoms with Gasteiger partial charge in [-0.05, 0) is 54.4 Å². The number of allylic oxidation sites excluding steroid dienone is 1. The Kier molecular flexibility index (Phi) is 5.66. The molecule has 0 amide bonds. The summed E-state index contributed by atoms with van der Waals surface area (Å²) in [7, 11) is 3.23. The molecule has 0 saturated carbocycles. The van der Waals surface area contributed by atoms with Crippen LogP contribution in [0.2, 0.25) is 0 Å². The van der Waals surface area contributed by atoms with Crippen molar-refractivity contribution in [2.45, 2.75) is 38.5 Å². The minimum absolute atomic E-state index is 0.205. The van der Waals surface area contributed by atoms with Gasteiger partial charge in [-0.15, -0.1) is 0 Å². The van der Waals surface area contributed by atoms with Gasteiger partial charge in [0.25, 0.3) is 0 Å². The predicted octanol–water partition coefficient (Wildman–Crippen LogP) is 4.05. The maximum Gasteiger partial charge on any atom is 0.213 e. The van der Waals surface area contributed by atoms with E-state index in [0.717, 1.165) is 36.8 Å². The number of rotatable bonds is 2. The molecule has 0 radical (unpaired) electrons. The van der Waals surface area contributed by atoms with E-state index in [0.29, 0.717) is 18.2 Å². The van der Waals surface area contributed by atoms with Crippen LogP contribution in [0, 0.1) is 0 Å². The van der Waals surface area contributed by atoms with E-state index in [9.17, 15) is 4.79 Å². The summed E-state index contributed by atoms with van der Waals surface area (Å²) in [6.45, 7) is 4.03. The lowest BCUT2D eigenvalue weighted by Gasteiger charge is -2.17. The highest BCUT2D eigenvalue weighted by atomic mass is 16.5. The summed E-state index contributed by atoms with van der Waals surface area (Å²) in [5, 5.41) is 0. The summed E-state index contributed by atoms with van der Waals surface area (Å²) >= 11 is 0. The van der Waals surface area contributed by atoms with Crippen molar-refractivity contribution in [3.63, 3.8) is 0 Å². The van der Waals surface area contributed by atoms with Gasteiger partial charge in [-0.25, -0.2) is 9.97 Å². The Morgan fingerprint density at radius 1 is 0.846 bits per heavy atom. The summed E-state index contributed by atoms with van der Waals surface area (Å²) in [5.41, 5.74) is 5.58. The second-order valence-electron chi connectivity index (χ2n) is 6.50. The summed E-state index contributed by atoms with van der Waals surface area (Å²) in [4.78, 5) is 19.6. The number of ketones is 1. The standard InChI is InChI=1S/C11H13NO.C10H11NO2/c1-8-4-3-5-9-6-11(13-2)12-7-10(8)9;1-13-10-5-7-3-2-4-9(12)8(7)6-11-10/h6-7H,1,3-5H2,2H3;5-6H,2-4H2,1H3. The van der Waals surface area contributed by atoms with Crippen LogP contribution in [0.25, 0.3) is 5.57 Å². The molecule has 0 fully saturated rings. The lowest BCUT2D eigenvalue weighted by molar-refractivity contribution is 0.0972. The smallest absolute Gasteiger partial charge is 0.213 e. The lowest BCUT2D eigenvalue weighted by atomic mass is 9.90. The molecule has 4 rings (SSSR count). The van der Waals surface area contributed by atoms with E-state index in [-0.39, 0.29) is 5.78 Å². The van der Waals surface area contributed by atoms with Crippen LogP contribution >= 0.6 is 0 Å². The molecule has 2 aromatic heterocycles. The Labute approximate surface area is 154 Å². The predicted molar refractivity (Wildman–Crippen MR) is 101 cm³/mol. The van der Waals surface area contributed by atoms with Gasteiger partial charge in [0.05, 0.1) is 14.2 Å². The van der Waals surface area contributed by atoms with Gasteiger partial charge < -0.3 is 9.47 Å². The van der Waals surface area contributed by atoms with Crippen LogP contribution in [0.4, 0.5) is 0 Å². The average molecular weight is 352 g/mol. The third-order valence-electron chi connectivity index (χ3n) is 4.80. The van der Waals surface area contributed by atoms with Crippen molar-refractivity contribution in [3.8, 4) is 11.8 Å². The third kappa shape index (κ3) is 3.93. The molecule has 5 nitrogen and oxygen atoms in total. The monoisotopic (exact) mass is 352 g/mol. The number of methoxy groups -OCH3 is 2. The van der Waals surface area contributed by atoms with E-state index in [1.807, 2.05) is 18.3 Å². The van der Waals surface area contributed by atoms with Crippen LogP contribution in [-0.4, -0.2) is 30.0 Å². The zero-order valence-corrected chi connectivity index (χ0v) is 15.4. The zero-order valence-electron chi connectivity index (χ0n) is 15.4. The van der Waals surface area contributed by atoms with Gasteiger partial charge in [0.1, 0.15) is 0 Å². The number of fused-ring (bicyclic) bond motifs is 2. The molecule has 0 spiro atoms. The molecule has 0 bridgehead atoms. The molecule has 2 aromatic rings. The first kappa shape index (κ1) is 18.1. The summed E-state index contributed by atoms with van der Waals surface area (Å²) in [6.07, 6.45) is 9.46. The number of Topliss-reactive ketones (excluding diaryl/α,β-unsaturated/α-hetero) is 1. The molecule has 2 aliphatic rings. The number of ether oxygens (including phenoxy) is 2. The van der Waals surface area contributed by atoms with Crippen molar-refractivity contribution in [2.24, 2.45) is 0 Å². The number of aryl methyl sites for hydroxylation is 2. The molecule has 0 aromatic carbocycles. The van der Waals surface area contributed by atoms with E-state index >= 15 is 0 Å². The molecule has 136 valence electrons. The number of hydrogen-bond acceptors (Lipinski definition) is 5.